The van der Waals surface area contributed by atoms with Gasteiger partial charge in [-0.1, -0.05) is 39.5 Å². The molecule has 1 saturated heterocycles. The fraction of sp³-hybridized carbons (Fsp3) is 0.538. The molecule has 376 valence electrons. The van der Waals surface area contributed by atoms with E-state index in [0.29, 0.717) is 90.5 Å². The van der Waals surface area contributed by atoms with E-state index in [-0.39, 0.29) is 41.4 Å². The highest BCUT2D eigenvalue weighted by atomic mass is 16.5. The number of anilines is 8. The summed E-state index contributed by atoms with van der Waals surface area (Å²) in [6, 6.07) is 7.39. The number of fused-ring (bicyclic) bond motifs is 4. The van der Waals surface area contributed by atoms with Gasteiger partial charge in [-0.2, -0.15) is 9.97 Å². The molecule has 19 heteroatoms. The second-order valence-electron chi connectivity index (χ2n) is 19.9. The third kappa shape index (κ3) is 9.12. The Morgan fingerprint density at radius 1 is 0.662 bits per heavy atom. The molecule has 2 saturated carbocycles. The molecule has 3 amide bonds. The second-order valence-corrected chi connectivity index (χ2v) is 19.9. The van der Waals surface area contributed by atoms with E-state index in [9.17, 15) is 24.3 Å². The number of rotatable bonds is 11. The third-order valence-corrected chi connectivity index (χ3v) is 15.6. The van der Waals surface area contributed by atoms with E-state index >= 15 is 0 Å². The van der Waals surface area contributed by atoms with Crippen molar-refractivity contribution in [3.05, 3.63) is 58.9 Å². The number of likely N-dealkylation sites (N-methyl/N-ethyl adjacent to an activating group) is 2. The number of carbonyl (C=O) groups excluding carboxylic acids is 3. The van der Waals surface area contributed by atoms with Gasteiger partial charge in [-0.15, -0.1) is 0 Å². The van der Waals surface area contributed by atoms with Crippen LogP contribution in [0.3, 0.4) is 0 Å². The van der Waals surface area contributed by atoms with Crippen molar-refractivity contribution in [3.63, 3.8) is 0 Å². The summed E-state index contributed by atoms with van der Waals surface area (Å²) in [4.78, 5) is 79.8. The number of amides is 3. The van der Waals surface area contributed by atoms with Crippen molar-refractivity contribution < 1.29 is 33.8 Å². The maximum absolute atomic E-state index is 13.2. The van der Waals surface area contributed by atoms with Crippen LogP contribution in [0, 0.1) is 0 Å². The first-order valence-corrected chi connectivity index (χ1v) is 25.6. The van der Waals surface area contributed by atoms with Gasteiger partial charge in [-0.05, 0) is 95.8 Å². The van der Waals surface area contributed by atoms with Crippen LogP contribution in [0.25, 0.3) is 0 Å². The Hall–Kier alpha value is -6.76. The average molecular weight is 971 g/mol. The Balaban J connectivity index is 0.000000167. The molecule has 7 aliphatic rings. The quantitative estimate of drug-likeness (QED) is 0.121. The Morgan fingerprint density at radius 3 is 1.56 bits per heavy atom. The summed E-state index contributed by atoms with van der Waals surface area (Å²) >= 11 is 0. The number of nitrogens with zero attached hydrogens (tertiary/aromatic N) is 9. The molecule has 7 heterocycles. The zero-order chi connectivity index (χ0) is 49.5. The van der Waals surface area contributed by atoms with E-state index in [1.807, 2.05) is 26.1 Å². The lowest BCUT2D eigenvalue weighted by atomic mass is 10.0. The first-order chi connectivity index (χ1) is 34.4. The Morgan fingerprint density at radius 2 is 1.11 bits per heavy atom. The summed E-state index contributed by atoms with van der Waals surface area (Å²) in [5.74, 6) is 2.83. The Bertz CT molecular complexity index is 2700. The Kier molecular flexibility index (Phi) is 13.6. The number of nitrogens with one attached hydrogen (secondary N) is 3. The fourth-order valence-electron chi connectivity index (χ4n) is 11.7. The van der Waals surface area contributed by atoms with Crippen LogP contribution in [-0.2, 0) is 22.4 Å². The zero-order valence-corrected chi connectivity index (χ0v) is 41.5. The summed E-state index contributed by atoms with van der Waals surface area (Å²) in [5.41, 5.74) is 5.38. The van der Waals surface area contributed by atoms with Crippen LogP contribution in [0.1, 0.15) is 123 Å². The lowest BCUT2D eigenvalue weighted by molar-refractivity contribution is -0.120. The number of piperidine rings is 1. The number of ether oxygens (including phenoxy) is 2. The highest BCUT2D eigenvalue weighted by Gasteiger charge is 2.43. The van der Waals surface area contributed by atoms with Gasteiger partial charge in [-0.3, -0.25) is 14.4 Å². The van der Waals surface area contributed by atoms with Crippen molar-refractivity contribution in [2.75, 3.05) is 77.7 Å². The van der Waals surface area contributed by atoms with Crippen LogP contribution < -0.4 is 45.0 Å². The maximum atomic E-state index is 13.2. The number of aromatic carboxylic acids is 1. The van der Waals surface area contributed by atoms with Crippen LogP contribution in [-0.4, -0.2) is 131 Å². The highest BCUT2D eigenvalue weighted by molar-refractivity contribution is 6.05. The number of carbonyl (C=O) groups is 4. The van der Waals surface area contributed by atoms with Crippen molar-refractivity contribution in [1.82, 2.24) is 30.2 Å². The van der Waals surface area contributed by atoms with Gasteiger partial charge in [0.15, 0.2) is 11.6 Å². The minimum Gasteiger partial charge on any atom is -0.491 e. The zero-order valence-electron chi connectivity index (χ0n) is 41.5. The molecule has 0 spiro atoms. The monoisotopic (exact) mass is 971 g/mol. The van der Waals surface area contributed by atoms with E-state index < -0.39 is 5.97 Å². The van der Waals surface area contributed by atoms with Gasteiger partial charge < -0.3 is 55.0 Å². The van der Waals surface area contributed by atoms with E-state index in [2.05, 4.69) is 54.6 Å². The second kappa shape index (κ2) is 20.2. The van der Waals surface area contributed by atoms with Gasteiger partial charge in [0.05, 0.1) is 42.5 Å². The fourth-order valence-corrected chi connectivity index (χ4v) is 11.7. The van der Waals surface area contributed by atoms with E-state index in [0.717, 1.165) is 99.5 Å². The van der Waals surface area contributed by atoms with Crippen LogP contribution >= 0.6 is 0 Å². The smallest absolute Gasteiger partial charge is 0.336 e. The van der Waals surface area contributed by atoms with Gasteiger partial charge in [0.2, 0.25) is 23.7 Å². The standard InChI is InChI=1S/C29H39N7O3.C23H27N5O4/c1-4-23-28(38)35(3)24-17-30-29(33-26(24)36(23)19-7-5-6-8-19)32-22-10-9-21(20-13-16-39-25(20)22)27(37)31-18-11-14-34(2)15-12-18;1-3-17-21(29)27(2)18-12-24-23(26-20(18)28(17)13-6-4-5-7-13)25-16-9-8-15(22(30)31)14-10-11-32-19(14)16/h9-10,17-19,23H,4-8,11-16H2,1-3H3,(H,31,37)(H,30,32,33);8-9,12-13,17H,3-7,10-11H2,1-2H3,(H,30,31)(H,24,25,26)/t23-;17-/m00/s1. The van der Waals surface area contributed by atoms with Crippen LogP contribution in [0.4, 0.5) is 46.3 Å². The highest BCUT2D eigenvalue weighted by Crippen LogP contribution is 2.44. The number of carboxylic acids is 1. The normalized spacial score (nSPS) is 21.2. The van der Waals surface area contributed by atoms with Gasteiger partial charge in [0.1, 0.15) is 35.0 Å². The first kappa shape index (κ1) is 47.9. The molecule has 5 aliphatic heterocycles. The van der Waals surface area contributed by atoms with Crippen molar-refractivity contribution in [1.29, 1.82) is 0 Å². The van der Waals surface area contributed by atoms with Crippen molar-refractivity contribution in [2.24, 2.45) is 0 Å². The summed E-state index contributed by atoms with van der Waals surface area (Å²) < 4.78 is 11.7. The molecule has 0 unspecified atom stereocenters. The van der Waals surface area contributed by atoms with Crippen LogP contribution in [0.2, 0.25) is 0 Å². The largest absolute Gasteiger partial charge is 0.491 e. The molecular formula is C52H66N12O7. The van der Waals surface area contributed by atoms with E-state index in [1.54, 1.807) is 41.4 Å². The van der Waals surface area contributed by atoms with Gasteiger partial charge in [-0.25, -0.2) is 14.8 Å². The number of benzene rings is 2. The lowest BCUT2D eigenvalue weighted by Crippen LogP contribution is -2.55. The van der Waals surface area contributed by atoms with Gasteiger partial charge >= 0.3 is 5.97 Å². The molecule has 3 fully saturated rings. The first-order valence-electron chi connectivity index (χ1n) is 25.6. The molecule has 0 bridgehead atoms. The van der Waals surface area contributed by atoms with Crippen LogP contribution in [0.15, 0.2) is 36.7 Å². The molecule has 19 nitrogen and oxygen atoms in total. The lowest BCUT2D eigenvalue weighted by Gasteiger charge is -2.43. The molecule has 2 atom stereocenters. The minimum absolute atomic E-state index is 0.0339. The molecule has 2 aliphatic carbocycles. The Labute approximate surface area is 414 Å². The summed E-state index contributed by atoms with van der Waals surface area (Å²) in [6.45, 7) is 7.07. The molecular weight excluding hydrogens is 905 g/mol. The number of aromatic nitrogens is 4. The predicted molar refractivity (Wildman–Crippen MR) is 271 cm³/mol. The SMILES string of the molecule is CC[C@H]1C(=O)N(C)c2cnc(Nc3ccc(C(=O)NC4CCN(C)CC4)c4c3OCC4)nc2N1C1CCCC1.CC[C@H]1C(=O)N(C)c2cnc(Nc3ccc(C(=O)O)c4c3OCC4)nc2N1C1CCCC1. The molecule has 2 aromatic carbocycles. The number of carboxylic acid groups (broad SMARTS) is 1. The molecule has 71 heavy (non-hydrogen) atoms. The van der Waals surface area contributed by atoms with E-state index in [4.69, 9.17) is 19.4 Å². The summed E-state index contributed by atoms with van der Waals surface area (Å²) in [7, 11) is 5.70. The summed E-state index contributed by atoms with van der Waals surface area (Å²) in [6.07, 6.45) is 17.0. The van der Waals surface area contributed by atoms with Crippen molar-refractivity contribution >= 4 is 70.0 Å². The molecule has 4 N–H and O–H groups in total. The molecule has 4 aromatic rings. The minimum atomic E-state index is -0.964. The number of likely N-dealkylation sites (tertiary alicyclic amines) is 1. The molecule has 0 radical (unpaired) electrons. The maximum Gasteiger partial charge on any atom is 0.336 e. The van der Waals surface area contributed by atoms with E-state index in [1.165, 1.54) is 12.8 Å². The van der Waals surface area contributed by atoms with Gasteiger partial charge in [0.25, 0.3) is 5.91 Å². The third-order valence-electron chi connectivity index (χ3n) is 15.6. The number of hydrogen-bond acceptors (Lipinski definition) is 15. The van der Waals surface area contributed by atoms with Crippen molar-refractivity contribution in [2.45, 2.75) is 134 Å². The topological polar surface area (TPSA) is 211 Å². The number of hydrogen-bond donors (Lipinski definition) is 4. The van der Waals surface area contributed by atoms with Crippen LogP contribution in [0.5, 0.6) is 11.5 Å². The van der Waals surface area contributed by atoms with Crippen molar-refractivity contribution in [3.8, 4) is 11.5 Å². The van der Waals surface area contributed by atoms with Gasteiger partial charge in [0, 0.05) is 61.8 Å². The molecule has 11 rings (SSSR count). The molecule has 2 aromatic heterocycles. The predicted octanol–water partition coefficient (Wildman–Crippen LogP) is 6.84. The summed E-state index contributed by atoms with van der Waals surface area (Å²) in [5, 5.41) is 19.3. The average Bonchev–Trinajstić information content (AvgIpc) is 4.24.